The lowest BCUT2D eigenvalue weighted by Crippen LogP contribution is -2.34. The summed E-state index contributed by atoms with van der Waals surface area (Å²) in [5.41, 5.74) is 4.44. The second kappa shape index (κ2) is 14.8. The van der Waals surface area contributed by atoms with Crippen LogP contribution in [-0.4, -0.2) is 56.2 Å². The fraction of sp³-hybridized carbons (Fsp3) is 0.317. The zero-order chi connectivity index (χ0) is 37.5. The molecule has 0 aliphatic carbocycles. The Kier molecular flexibility index (Phi) is 9.76. The van der Waals surface area contributed by atoms with Crippen LogP contribution in [0.2, 0.25) is 0 Å². The van der Waals surface area contributed by atoms with Crippen molar-refractivity contribution < 1.29 is 17.6 Å². The third kappa shape index (κ3) is 6.89. The first-order chi connectivity index (χ1) is 26.1. The van der Waals surface area contributed by atoms with Crippen LogP contribution >= 0.6 is 0 Å². The molecule has 1 atom stereocenters. The van der Waals surface area contributed by atoms with Crippen molar-refractivity contribution >= 4 is 33.3 Å². The van der Waals surface area contributed by atoms with Gasteiger partial charge in [0.25, 0.3) is 6.43 Å². The molecule has 0 amide bonds. The predicted octanol–water partition coefficient (Wildman–Crippen LogP) is 8.54. The van der Waals surface area contributed by atoms with Gasteiger partial charge < -0.3 is 10.2 Å². The van der Waals surface area contributed by atoms with Gasteiger partial charge in [-0.1, -0.05) is 30.3 Å². The van der Waals surface area contributed by atoms with Crippen molar-refractivity contribution in [2.75, 3.05) is 36.5 Å². The third-order valence-electron chi connectivity index (χ3n) is 10.7. The van der Waals surface area contributed by atoms with Crippen molar-refractivity contribution in [1.82, 2.24) is 35.2 Å². The number of pyridine rings is 1. The molecule has 0 bridgehead atoms. The Labute approximate surface area is 310 Å². The maximum absolute atomic E-state index is 15.3. The predicted molar refractivity (Wildman–Crippen MR) is 203 cm³/mol. The van der Waals surface area contributed by atoms with Crippen LogP contribution in [0, 0.1) is 18.6 Å². The Morgan fingerprint density at radius 2 is 1.76 bits per heavy atom. The first-order valence-electron chi connectivity index (χ1n) is 18.2. The molecule has 1 fully saturated rings. The van der Waals surface area contributed by atoms with Gasteiger partial charge >= 0.3 is 0 Å². The molecule has 278 valence electrons. The molecule has 2 N–H and O–H groups in total. The van der Waals surface area contributed by atoms with Crippen LogP contribution in [0.25, 0.3) is 32.9 Å². The summed E-state index contributed by atoms with van der Waals surface area (Å²) in [4.78, 5) is 9.12. The number of benzene rings is 3. The topological polar surface area (TPSA) is 87.0 Å². The molecular formula is C41H41F4N9. The van der Waals surface area contributed by atoms with Crippen molar-refractivity contribution in [1.29, 1.82) is 0 Å². The SMILES string of the molecule is Cc1nnc(N[C@H](C)c2cccc(C(F)F)c2F)c2cc(-c3ccc(F)c(CN4CCC(c5ccc6c(N7C=CCNC7)nn(C)c6c5)CC4)c3)ncc12. The van der Waals surface area contributed by atoms with E-state index < -0.39 is 23.8 Å². The number of likely N-dealkylation sites (tertiary alicyclic amines) is 1. The van der Waals surface area contributed by atoms with Crippen molar-refractivity contribution in [3.63, 3.8) is 0 Å². The van der Waals surface area contributed by atoms with E-state index in [0.717, 1.165) is 72.9 Å². The van der Waals surface area contributed by atoms with Gasteiger partial charge in [-0.25, -0.2) is 17.6 Å². The number of hydrogen-bond acceptors (Lipinski definition) is 8. The van der Waals surface area contributed by atoms with Gasteiger partial charge in [0.15, 0.2) is 11.6 Å². The van der Waals surface area contributed by atoms with Crippen LogP contribution in [0.15, 0.2) is 79.1 Å². The standard InChI is InChI=1S/C41H41F4N9/c1-24(30-6-4-7-32(38(30)43)39(44)45)48-40-33-20-36(47-21-34(33)25(2)49-50-40)28-9-11-35(42)29(18-28)22-53-16-12-26(13-17-53)27-8-10-31-37(19-27)52(3)51-41(31)54-15-5-14-46-23-54/h4-11,15,18-21,24,26,39,46H,12-14,16-17,22-23H2,1-3H3,(H,48,50)/t24-/m1/s1. The highest BCUT2D eigenvalue weighted by Crippen LogP contribution is 2.35. The largest absolute Gasteiger partial charge is 0.361 e. The maximum atomic E-state index is 15.3. The first kappa shape index (κ1) is 35.6. The van der Waals surface area contributed by atoms with Crippen LogP contribution in [0.1, 0.15) is 66.1 Å². The molecule has 0 saturated carbocycles. The van der Waals surface area contributed by atoms with Crippen molar-refractivity contribution in [2.24, 2.45) is 7.05 Å². The number of rotatable bonds is 9. The van der Waals surface area contributed by atoms with Crippen LogP contribution in [-0.2, 0) is 13.6 Å². The highest BCUT2D eigenvalue weighted by atomic mass is 19.3. The van der Waals surface area contributed by atoms with Gasteiger partial charge in [-0.2, -0.15) is 10.2 Å². The smallest absolute Gasteiger partial charge is 0.266 e. The molecule has 8 rings (SSSR count). The average Bonchev–Trinajstić information content (AvgIpc) is 3.52. The summed E-state index contributed by atoms with van der Waals surface area (Å²) in [7, 11) is 1.99. The molecule has 5 heterocycles. The second-order valence-corrected chi connectivity index (χ2v) is 14.2. The third-order valence-corrected chi connectivity index (χ3v) is 10.7. The minimum atomic E-state index is -2.93. The fourth-order valence-electron chi connectivity index (χ4n) is 7.68. The number of nitrogens with one attached hydrogen (secondary N) is 2. The highest BCUT2D eigenvalue weighted by Gasteiger charge is 2.25. The molecular weight excluding hydrogens is 695 g/mol. The Hall–Kier alpha value is -5.40. The molecule has 2 aliphatic heterocycles. The van der Waals surface area contributed by atoms with Gasteiger partial charge in [0.2, 0.25) is 0 Å². The molecule has 1 saturated heterocycles. The first-order valence-corrected chi connectivity index (χ1v) is 18.2. The molecule has 3 aromatic carbocycles. The van der Waals surface area contributed by atoms with E-state index >= 15 is 4.39 Å². The normalized spacial score (nSPS) is 16.2. The van der Waals surface area contributed by atoms with Gasteiger partial charge in [-0.3, -0.25) is 19.9 Å². The van der Waals surface area contributed by atoms with Gasteiger partial charge in [0.05, 0.1) is 35.2 Å². The van der Waals surface area contributed by atoms with Crippen LogP contribution in [0.5, 0.6) is 0 Å². The minimum absolute atomic E-state index is 0.0944. The van der Waals surface area contributed by atoms with Crippen molar-refractivity contribution in [3.05, 3.63) is 119 Å². The number of hydrogen-bond donors (Lipinski definition) is 2. The van der Waals surface area contributed by atoms with E-state index in [1.54, 1.807) is 19.2 Å². The van der Waals surface area contributed by atoms with E-state index in [1.165, 1.54) is 23.8 Å². The number of anilines is 2. The van der Waals surface area contributed by atoms with E-state index in [1.807, 2.05) is 30.8 Å². The monoisotopic (exact) mass is 735 g/mol. The molecule has 6 aromatic rings. The second-order valence-electron chi connectivity index (χ2n) is 14.2. The summed E-state index contributed by atoms with van der Waals surface area (Å²) in [6.45, 7) is 7.23. The van der Waals surface area contributed by atoms with Gasteiger partial charge in [0, 0.05) is 65.4 Å². The summed E-state index contributed by atoms with van der Waals surface area (Å²) >= 11 is 0. The summed E-state index contributed by atoms with van der Waals surface area (Å²) in [5.74, 6) is 0.483. The molecule has 0 unspecified atom stereocenters. The molecule has 2 aliphatic rings. The van der Waals surface area contributed by atoms with E-state index in [0.29, 0.717) is 40.6 Å². The zero-order valence-electron chi connectivity index (χ0n) is 30.3. The van der Waals surface area contributed by atoms with Crippen molar-refractivity contribution in [3.8, 4) is 11.3 Å². The van der Waals surface area contributed by atoms with E-state index in [2.05, 4.69) is 66.1 Å². The average molecular weight is 736 g/mol. The number of aryl methyl sites for hydroxylation is 2. The lowest BCUT2D eigenvalue weighted by atomic mass is 9.88. The molecule has 9 nitrogen and oxygen atoms in total. The summed E-state index contributed by atoms with van der Waals surface area (Å²) in [6, 6.07) is 16.8. The summed E-state index contributed by atoms with van der Waals surface area (Å²) in [6.07, 6.45) is 4.87. The van der Waals surface area contributed by atoms with Crippen LogP contribution in [0.3, 0.4) is 0 Å². The quantitative estimate of drug-likeness (QED) is 0.143. The molecule has 13 heteroatoms. The highest BCUT2D eigenvalue weighted by molar-refractivity contribution is 5.95. The summed E-state index contributed by atoms with van der Waals surface area (Å²) < 4.78 is 59.1. The van der Waals surface area contributed by atoms with Crippen molar-refractivity contribution in [2.45, 2.75) is 51.6 Å². The summed E-state index contributed by atoms with van der Waals surface area (Å²) in [5, 5.41) is 22.5. The van der Waals surface area contributed by atoms with E-state index in [-0.39, 0.29) is 11.4 Å². The molecule has 3 aromatic heterocycles. The number of fused-ring (bicyclic) bond motifs is 2. The minimum Gasteiger partial charge on any atom is -0.361 e. The van der Waals surface area contributed by atoms with Gasteiger partial charge in [0.1, 0.15) is 11.6 Å². The lowest BCUT2D eigenvalue weighted by Gasteiger charge is -2.32. The number of halogens is 4. The van der Waals surface area contributed by atoms with Crippen LogP contribution < -0.4 is 15.5 Å². The number of nitrogens with zero attached hydrogens (tertiary/aromatic N) is 7. The van der Waals surface area contributed by atoms with Crippen LogP contribution in [0.4, 0.5) is 29.2 Å². The molecule has 0 spiro atoms. The van der Waals surface area contributed by atoms with Gasteiger partial charge in [-0.15, -0.1) is 5.10 Å². The Balaban J connectivity index is 0.980. The number of aromatic nitrogens is 5. The Bertz CT molecular complexity index is 2370. The fourth-order valence-corrected chi connectivity index (χ4v) is 7.68. The Morgan fingerprint density at radius 1 is 0.944 bits per heavy atom. The number of piperidine rings is 1. The number of alkyl halides is 2. The molecule has 0 radical (unpaired) electrons. The maximum Gasteiger partial charge on any atom is 0.266 e. The van der Waals surface area contributed by atoms with Gasteiger partial charge in [-0.05, 0) is 87.7 Å². The van der Waals surface area contributed by atoms with E-state index in [4.69, 9.17) is 5.10 Å². The Morgan fingerprint density at radius 3 is 2.54 bits per heavy atom. The van der Waals surface area contributed by atoms with E-state index in [9.17, 15) is 13.2 Å². The molecule has 54 heavy (non-hydrogen) atoms. The lowest BCUT2D eigenvalue weighted by molar-refractivity contribution is 0.146. The zero-order valence-corrected chi connectivity index (χ0v) is 30.3.